The molecule has 0 spiro atoms. The van der Waals surface area contributed by atoms with Gasteiger partial charge in [0.1, 0.15) is 0 Å². The summed E-state index contributed by atoms with van der Waals surface area (Å²) in [6.45, 7) is 0. The topological polar surface area (TPSA) is 3.24 Å². The van der Waals surface area contributed by atoms with Crippen LogP contribution >= 0.6 is 11.3 Å². The van der Waals surface area contributed by atoms with Crippen molar-refractivity contribution in [2.45, 2.75) is 0 Å². The highest BCUT2D eigenvalue weighted by atomic mass is 32.1. The first kappa shape index (κ1) is 43.0. The largest absolute Gasteiger partial charge is 0.311 e. The predicted octanol–water partition coefficient (Wildman–Crippen LogP) is 20.3. The molecular formula is C70H47NS. The third-order valence-corrected chi connectivity index (χ3v) is 15.2. The minimum Gasteiger partial charge on any atom is -0.311 e. The number of rotatable bonds is 10. The van der Waals surface area contributed by atoms with Gasteiger partial charge in [-0.05, 0) is 168 Å². The molecule has 0 bridgehead atoms. The highest BCUT2D eigenvalue weighted by molar-refractivity contribution is 7.25. The van der Waals surface area contributed by atoms with Crippen LogP contribution < -0.4 is 4.90 Å². The minimum absolute atomic E-state index is 1.09. The minimum atomic E-state index is 1.09. The third-order valence-electron chi connectivity index (χ3n) is 14.1. The molecule has 2 heteroatoms. The Morgan fingerprint density at radius 2 is 0.542 bits per heavy atom. The van der Waals surface area contributed by atoms with Crippen LogP contribution in [-0.2, 0) is 0 Å². The number of nitrogens with zero attached hydrogens (tertiary/aromatic N) is 1. The van der Waals surface area contributed by atoms with Crippen LogP contribution in [0.15, 0.2) is 285 Å². The first-order valence-electron chi connectivity index (χ1n) is 24.6. The Labute approximate surface area is 424 Å². The van der Waals surface area contributed by atoms with E-state index in [9.17, 15) is 0 Å². The van der Waals surface area contributed by atoms with Crippen molar-refractivity contribution in [2.24, 2.45) is 0 Å². The smallest absolute Gasteiger partial charge is 0.0462 e. The van der Waals surface area contributed by atoms with Gasteiger partial charge in [-0.1, -0.05) is 206 Å². The number of benzene rings is 12. The quantitative estimate of drug-likeness (QED) is 0.132. The zero-order chi connectivity index (χ0) is 47.8. The molecule has 0 radical (unpaired) electrons. The molecule has 1 nitrogen and oxygen atoms in total. The van der Waals surface area contributed by atoms with Gasteiger partial charge in [-0.25, -0.2) is 0 Å². The molecule has 0 aliphatic heterocycles. The van der Waals surface area contributed by atoms with Gasteiger partial charge < -0.3 is 4.90 Å². The molecule has 0 aliphatic carbocycles. The molecule has 0 amide bonds. The molecule has 0 unspecified atom stereocenters. The summed E-state index contributed by atoms with van der Waals surface area (Å²) < 4.78 is 2.63. The molecule has 0 aliphatic rings. The van der Waals surface area contributed by atoms with Crippen LogP contribution in [0.2, 0.25) is 0 Å². The van der Waals surface area contributed by atoms with Crippen LogP contribution in [0.3, 0.4) is 0 Å². The number of anilines is 3. The van der Waals surface area contributed by atoms with Gasteiger partial charge in [0.15, 0.2) is 0 Å². The first-order valence-corrected chi connectivity index (χ1v) is 25.4. The van der Waals surface area contributed by atoms with E-state index in [1.807, 2.05) is 11.3 Å². The SMILES string of the molecule is c1ccc(-c2cc(-c3ccccc3)cc(-c3ccc(N(c4ccc(-c5ccc(-c6cccc(-c7ccc8ccccc8c7)c6)cc5)cc4)c4ccc(-c5ccc6c(c5)sc5ccccc56)cc4)cc3)c2)cc1. The Bertz CT molecular complexity index is 3980. The zero-order valence-corrected chi connectivity index (χ0v) is 40.3. The molecule has 1 heterocycles. The van der Waals surface area contributed by atoms with Gasteiger partial charge in [-0.2, -0.15) is 0 Å². The lowest BCUT2D eigenvalue weighted by molar-refractivity contribution is 1.28. The summed E-state index contributed by atoms with van der Waals surface area (Å²) in [6, 6.07) is 104. The molecule has 13 rings (SSSR count). The average Bonchev–Trinajstić information content (AvgIpc) is 3.84. The molecule has 0 saturated heterocycles. The second-order valence-corrected chi connectivity index (χ2v) is 19.6. The second-order valence-electron chi connectivity index (χ2n) is 18.5. The zero-order valence-electron chi connectivity index (χ0n) is 39.5. The lowest BCUT2D eigenvalue weighted by Gasteiger charge is -2.26. The van der Waals surface area contributed by atoms with E-state index in [2.05, 4.69) is 290 Å². The number of hydrogen-bond donors (Lipinski definition) is 0. The van der Waals surface area contributed by atoms with E-state index in [-0.39, 0.29) is 0 Å². The highest BCUT2D eigenvalue weighted by Crippen LogP contribution is 2.41. The van der Waals surface area contributed by atoms with E-state index >= 15 is 0 Å². The van der Waals surface area contributed by atoms with E-state index in [4.69, 9.17) is 0 Å². The van der Waals surface area contributed by atoms with Crippen LogP contribution in [0, 0.1) is 0 Å². The molecule has 0 N–H and O–H groups in total. The van der Waals surface area contributed by atoms with Crippen molar-refractivity contribution >= 4 is 59.3 Å². The summed E-state index contributed by atoms with van der Waals surface area (Å²) in [5.41, 5.74) is 20.0. The fourth-order valence-electron chi connectivity index (χ4n) is 10.3. The van der Waals surface area contributed by atoms with Gasteiger partial charge in [0.25, 0.3) is 0 Å². The van der Waals surface area contributed by atoms with Crippen LogP contribution in [0.4, 0.5) is 17.1 Å². The monoisotopic (exact) mass is 933 g/mol. The second kappa shape index (κ2) is 18.7. The molecule has 1 aromatic heterocycles. The molecule has 13 aromatic rings. The van der Waals surface area contributed by atoms with Crippen molar-refractivity contribution in [1.29, 1.82) is 0 Å². The Balaban J connectivity index is 0.829. The van der Waals surface area contributed by atoms with Gasteiger partial charge in [0.2, 0.25) is 0 Å². The van der Waals surface area contributed by atoms with Crippen molar-refractivity contribution in [1.82, 2.24) is 0 Å². The Morgan fingerprint density at radius 3 is 1.11 bits per heavy atom. The van der Waals surface area contributed by atoms with Crippen molar-refractivity contribution in [3.05, 3.63) is 285 Å². The summed E-state index contributed by atoms with van der Waals surface area (Å²) in [5, 5.41) is 5.15. The van der Waals surface area contributed by atoms with Crippen molar-refractivity contribution < 1.29 is 0 Å². The summed E-state index contributed by atoms with van der Waals surface area (Å²) in [6.07, 6.45) is 0. The molecule has 0 atom stereocenters. The lowest BCUT2D eigenvalue weighted by atomic mass is 9.93. The van der Waals surface area contributed by atoms with Crippen LogP contribution in [0.1, 0.15) is 0 Å². The van der Waals surface area contributed by atoms with Crippen LogP contribution in [-0.4, -0.2) is 0 Å². The van der Waals surface area contributed by atoms with E-state index in [0.29, 0.717) is 0 Å². The number of fused-ring (bicyclic) bond motifs is 4. The fraction of sp³-hybridized carbons (Fsp3) is 0. The van der Waals surface area contributed by atoms with Crippen molar-refractivity contribution in [3.63, 3.8) is 0 Å². The predicted molar refractivity (Wildman–Crippen MR) is 310 cm³/mol. The summed E-state index contributed by atoms with van der Waals surface area (Å²) in [4.78, 5) is 2.37. The first-order chi connectivity index (χ1) is 35.6. The van der Waals surface area contributed by atoms with Gasteiger partial charge in [-0.15, -0.1) is 11.3 Å². The molecule has 72 heavy (non-hydrogen) atoms. The average molecular weight is 934 g/mol. The summed E-state index contributed by atoms with van der Waals surface area (Å²) in [7, 11) is 0. The maximum atomic E-state index is 2.37. The maximum Gasteiger partial charge on any atom is 0.0462 e. The van der Waals surface area contributed by atoms with Crippen molar-refractivity contribution in [2.75, 3.05) is 4.90 Å². The van der Waals surface area contributed by atoms with E-state index in [1.165, 1.54) is 109 Å². The van der Waals surface area contributed by atoms with Gasteiger partial charge >= 0.3 is 0 Å². The van der Waals surface area contributed by atoms with Crippen LogP contribution in [0.5, 0.6) is 0 Å². The highest BCUT2D eigenvalue weighted by Gasteiger charge is 2.16. The molecule has 0 fully saturated rings. The van der Waals surface area contributed by atoms with Crippen LogP contribution in [0.25, 0.3) is 109 Å². The molecular weight excluding hydrogens is 887 g/mol. The molecule has 12 aromatic carbocycles. The van der Waals surface area contributed by atoms with Gasteiger partial charge in [-0.3, -0.25) is 0 Å². The van der Waals surface area contributed by atoms with Crippen molar-refractivity contribution in [3.8, 4) is 77.9 Å². The number of thiophene rings is 1. The van der Waals surface area contributed by atoms with E-state index in [0.717, 1.165) is 17.1 Å². The Kier molecular flexibility index (Phi) is 11.1. The number of hydrogen-bond acceptors (Lipinski definition) is 2. The van der Waals surface area contributed by atoms with Gasteiger partial charge in [0.05, 0.1) is 0 Å². The van der Waals surface area contributed by atoms with E-state index in [1.54, 1.807) is 0 Å². The molecule has 0 saturated carbocycles. The maximum absolute atomic E-state index is 2.37. The summed E-state index contributed by atoms with van der Waals surface area (Å²) in [5.74, 6) is 0. The standard InChI is InChI=1S/C70H47NS/c1-3-12-48(13-4-1)61-44-62(49-14-5-2-6-15-49)46-63(45-61)55-32-39-66(40-33-55)71(65-37-30-54(31-38-65)60-34-41-68-67-20-9-10-21-69(67)72-70(68)47-60)64-35-28-52(29-36-64)51-22-24-53(25-23-51)57-18-11-19-58(42-57)59-27-26-50-16-7-8-17-56(50)43-59/h1-47H. The fourth-order valence-corrected chi connectivity index (χ4v) is 11.4. The normalized spacial score (nSPS) is 11.3. The van der Waals surface area contributed by atoms with E-state index < -0.39 is 0 Å². The Hall–Kier alpha value is -9.08. The van der Waals surface area contributed by atoms with Gasteiger partial charge in [0, 0.05) is 37.2 Å². The lowest BCUT2D eigenvalue weighted by Crippen LogP contribution is -2.09. The Morgan fingerprint density at radius 1 is 0.194 bits per heavy atom. The summed E-state index contributed by atoms with van der Waals surface area (Å²) >= 11 is 1.86. The molecule has 338 valence electrons. The third kappa shape index (κ3) is 8.45.